The lowest BCUT2D eigenvalue weighted by Crippen LogP contribution is -2.31. The van der Waals surface area contributed by atoms with Crippen LogP contribution in [0.3, 0.4) is 0 Å². The van der Waals surface area contributed by atoms with Crippen LogP contribution >= 0.6 is 0 Å². The number of rotatable bonds is 37. The van der Waals surface area contributed by atoms with Crippen LogP contribution < -0.4 is 0 Å². The molecule has 0 spiro atoms. The molecule has 0 fully saturated rings. The van der Waals surface area contributed by atoms with E-state index in [9.17, 15) is 24.0 Å². The Morgan fingerprint density at radius 2 is 0.943 bits per heavy atom. The van der Waals surface area contributed by atoms with Gasteiger partial charge in [0.2, 0.25) is 0 Å². The summed E-state index contributed by atoms with van der Waals surface area (Å²) in [5.41, 5.74) is 0. The molecule has 1 unspecified atom stereocenters. The Labute approximate surface area is 321 Å². The highest BCUT2D eigenvalue weighted by Gasteiger charge is 2.21. The highest BCUT2D eigenvalue weighted by atomic mass is 16.6. The van der Waals surface area contributed by atoms with Gasteiger partial charge in [0.05, 0.1) is 6.61 Å². The first kappa shape index (κ1) is 49.8. The second-order valence-electron chi connectivity index (χ2n) is 14.2. The number of esters is 4. The molecule has 0 aliphatic heterocycles. The van der Waals surface area contributed by atoms with Crippen molar-refractivity contribution in [3.63, 3.8) is 0 Å². The Morgan fingerprint density at radius 1 is 0.509 bits per heavy atom. The van der Waals surface area contributed by atoms with Gasteiger partial charge < -0.3 is 24.1 Å². The molecule has 0 aliphatic rings. The number of unbranched alkanes of at least 4 members (excludes halogenated alkanes) is 14. The van der Waals surface area contributed by atoms with Crippen LogP contribution in [-0.4, -0.2) is 60.9 Å². The van der Waals surface area contributed by atoms with E-state index >= 15 is 0 Å². The average Bonchev–Trinajstić information content (AvgIpc) is 3.12. The monoisotopic (exact) mass is 751 g/mol. The molecule has 1 atom stereocenters. The fourth-order valence-electron chi connectivity index (χ4n) is 5.60. The minimum Gasteiger partial charge on any atom is -0.481 e. The van der Waals surface area contributed by atoms with E-state index in [-0.39, 0.29) is 62.9 Å². The molecule has 0 radical (unpaired) electrons. The third-order valence-corrected chi connectivity index (χ3v) is 8.80. The van der Waals surface area contributed by atoms with Crippen LogP contribution in [0.15, 0.2) is 24.3 Å². The van der Waals surface area contributed by atoms with Gasteiger partial charge in [0.1, 0.15) is 13.2 Å². The highest BCUT2D eigenvalue weighted by Crippen LogP contribution is 2.16. The molecule has 0 aliphatic carbocycles. The molecule has 0 saturated heterocycles. The molecular weight excluding hydrogens is 676 g/mol. The van der Waals surface area contributed by atoms with Crippen LogP contribution in [0.25, 0.3) is 0 Å². The van der Waals surface area contributed by atoms with Crippen LogP contribution in [0.5, 0.6) is 0 Å². The van der Waals surface area contributed by atoms with Crippen molar-refractivity contribution >= 4 is 29.8 Å². The summed E-state index contributed by atoms with van der Waals surface area (Å²) in [6, 6.07) is 0. The van der Waals surface area contributed by atoms with Crippen molar-refractivity contribution in [1.29, 1.82) is 0 Å². The van der Waals surface area contributed by atoms with E-state index in [1.807, 2.05) is 6.92 Å². The summed E-state index contributed by atoms with van der Waals surface area (Å²) in [4.78, 5) is 60.1. The molecule has 0 aromatic carbocycles. The standard InChI is InChI=1S/C43H74O10/c1-4-6-8-10-12-14-16-18-20-24-31-41(47)51-35-38(36-52-42(48)32-25-21-19-17-15-13-11-9-7-5-2)53-43(49)34-37(3)28-23-22-26-30-40(46)50-33-27-29-39(44)45/h8-11,37-38H,4-7,12-36H2,1-3H3,(H,44,45)/b10-8-,11-9-. The predicted octanol–water partition coefficient (Wildman–Crippen LogP) is 10.5. The van der Waals surface area contributed by atoms with Gasteiger partial charge in [-0.3, -0.25) is 24.0 Å². The molecule has 0 saturated carbocycles. The van der Waals surface area contributed by atoms with E-state index in [0.29, 0.717) is 25.7 Å². The third kappa shape index (κ3) is 37.0. The first-order valence-corrected chi connectivity index (χ1v) is 20.9. The molecule has 306 valence electrons. The van der Waals surface area contributed by atoms with Crippen molar-refractivity contribution in [2.24, 2.45) is 5.92 Å². The Kier molecular flexibility index (Phi) is 34.9. The highest BCUT2D eigenvalue weighted by molar-refractivity contribution is 5.71. The van der Waals surface area contributed by atoms with E-state index in [1.54, 1.807) is 0 Å². The second-order valence-corrected chi connectivity index (χ2v) is 14.2. The number of carboxylic acid groups (broad SMARTS) is 1. The zero-order chi connectivity index (χ0) is 39.2. The zero-order valence-electron chi connectivity index (χ0n) is 33.6. The van der Waals surface area contributed by atoms with Gasteiger partial charge in [-0.2, -0.15) is 0 Å². The summed E-state index contributed by atoms with van der Waals surface area (Å²) < 4.78 is 21.6. The number of hydrogen-bond acceptors (Lipinski definition) is 9. The van der Waals surface area contributed by atoms with Crippen LogP contribution in [0.2, 0.25) is 0 Å². The minimum atomic E-state index is -0.914. The molecule has 10 heteroatoms. The van der Waals surface area contributed by atoms with Crippen LogP contribution in [-0.2, 0) is 42.9 Å². The summed E-state index contributed by atoms with van der Waals surface area (Å²) in [7, 11) is 0. The smallest absolute Gasteiger partial charge is 0.306 e. The second kappa shape index (κ2) is 37.2. The SMILES string of the molecule is CCC/C=C\CCCCCCCC(=O)OCC(COC(=O)CCCCCCC/C=C\CCC)OC(=O)CC(C)CCCCCC(=O)OCCCC(=O)O. The number of carbonyl (C=O) groups excluding carboxylic acids is 4. The van der Waals surface area contributed by atoms with E-state index < -0.39 is 18.0 Å². The van der Waals surface area contributed by atoms with Crippen LogP contribution in [0.4, 0.5) is 0 Å². The van der Waals surface area contributed by atoms with Crippen molar-refractivity contribution in [1.82, 2.24) is 0 Å². The van der Waals surface area contributed by atoms with Gasteiger partial charge in [0, 0.05) is 32.1 Å². The van der Waals surface area contributed by atoms with Crippen LogP contribution in [0, 0.1) is 5.92 Å². The van der Waals surface area contributed by atoms with Gasteiger partial charge in [-0.05, 0) is 70.1 Å². The maximum absolute atomic E-state index is 12.8. The van der Waals surface area contributed by atoms with Gasteiger partial charge in [-0.15, -0.1) is 0 Å². The molecule has 53 heavy (non-hydrogen) atoms. The Hall–Kier alpha value is -3.17. The minimum absolute atomic E-state index is 0.0271. The van der Waals surface area contributed by atoms with Gasteiger partial charge in [0.25, 0.3) is 0 Å². The van der Waals surface area contributed by atoms with E-state index in [0.717, 1.165) is 109 Å². The van der Waals surface area contributed by atoms with Crippen molar-refractivity contribution < 1.29 is 48.0 Å². The summed E-state index contributed by atoms with van der Waals surface area (Å²) in [6.45, 7) is 6.10. The molecular formula is C43H74O10. The summed E-state index contributed by atoms with van der Waals surface area (Å²) in [5.74, 6) is -2.34. The summed E-state index contributed by atoms with van der Waals surface area (Å²) in [6.07, 6.45) is 29.4. The summed E-state index contributed by atoms with van der Waals surface area (Å²) >= 11 is 0. The van der Waals surface area contributed by atoms with E-state index in [1.165, 1.54) is 12.8 Å². The Morgan fingerprint density at radius 3 is 1.43 bits per heavy atom. The van der Waals surface area contributed by atoms with Crippen molar-refractivity contribution in [2.45, 2.75) is 194 Å². The van der Waals surface area contributed by atoms with Crippen molar-refractivity contribution in [3.8, 4) is 0 Å². The van der Waals surface area contributed by atoms with Crippen molar-refractivity contribution in [3.05, 3.63) is 24.3 Å². The van der Waals surface area contributed by atoms with E-state index in [2.05, 4.69) is 38.2 Å². The Balaban J connectivity index is 4.57. The molecule has 0 aromatic heterocycles. The Bertz CT molecular complexity index is 959. The maximum atomic E-state index is 12.8. The molecule has 0 amide bonds. The number of allylic oxidation sites excluding steroid dienone is 4. The number of carboxylic acids is 1. The lowest BCUT2D eigenvalue weighted by molar-refractivity contribution is -0.167. The molecule has 1 N–H and O–H groups in total. The topological polar surface area (TPSA) is 142 Å². The van der Waals surface area contributed by atoms with Crippen LogP contribution in [0.1, 0.15) is 188 Å². The lowest BCUT2D eigenvalue weighted by atomic mass is 9.99. The van der Waals surface area contributed by atoms with Gasteiger partial charge >= 0.3 is 29.8 Å². The molecule has 0 aromatic rings. The molecule has 10 nitrogen and oxygen atoms in total. The predicted molar refractivity (Wildman–Crippen MR) is 209 cm³/mol. The van der Waals surface area contributed by atoms with Gasteiger partial charge in [0.15, 0.2) is 6.10 Å². The molecule has 0 bridgehead atoms. The number of aliphatic carboxylic acids is 1. The zero-order valence-corrected chi connectivity index (χ0v) is 33.6. The lowest BCUT2D eigenvalue weighted by Gasteiger charge is -2.19. The normalized spacial score (nSPS) is 12.0. The molecule has 0 rings (SSSR count). The first-order chi connectivity index (χ1) is 25.7. The maximum Gasteiger partial charge on any atom is 0.306 e. The average molecular weight is 751 g/mol. The largest absolute Gasteiger partial charge is 0.481 e. The number of carbonyl (C=O) groups is 5. The number of ether oxygens (including phenoxy) is 4. The summed E-state index contributed by atoms with van der Waals surface area (Å²) in [5, 5.41) is 8.64. The molecule has 0 heterocycles. The fraction of sp³-hybridized carbons (Fsp3) is 0.791. The van der Waals surface area contributed by atoms with Crippen molar-refractivity contribution in [2.75, 3.05) is 19.8 Å². The van der Waals surface area contributed by atoms with Gasteiger partial charge in [-0.1, -0.05) is 116 Å². The third-order valence-electron chi connectivity index (χ3n) is 8.80. The van der Waals surface area contributed by atoms with Gasteiger partial charge in [-0.25, -0.2) is 0 Å². The number of hydrogen-bond donors (Lipinski definition) is 1. The fourth-order valence-corrected chi connectivity index (χ4v) is 5.60. The quantitative estimate of drug-likeness (QED) is 0.0282. The first-order valence-electron chi connectivity index (χ1n) is 20.9. The van der Waals surface area contributed by atoms with E-state index in [4.69, 9.17) is 24.1 Å².